The van der Waals surface area contributed by atoms with Crippen molar-refractivity contribution in [3.05, 3.63) is 108 Å². The van der Waals surface area contributed by atoms with Gasteiger partial charge in [0.1, 0.15) is 5.60 Å². The first-order chi connectivity index (χ1) is 22.6. The van der Waals surface area contributed by atoms with Crippen LogP contribution in [-0.2, 0) is 27.3 Å². The van der Waals surface area contributed by atoms with Crippen LogP contribution in [0.25, 0.3) is 0 Å². The van der Waals surface area contributed by atoms with Gasteiger partial charge in [-0.2, -0.15) is 0 Å². The van der Waals surface area contributed by atoms with Crippen LogP contribution in [0.2, 0.25) is 0 Å². The Kier molecular flexibility index (Phi) is 11.2. The minimum atomic E-state index is -1.74. The number of phenolic OH excluding ortho intramolecular Hbond substituents is 1. The molecule has 0 radical (unpaired) electrons. The van der Waals surface area contributed by atoms with Gasteiger partial charge in [0.05, 0.1) is 22.0 Å². The fourth-order valence-corrected chi connectivity index (χ4v) is 5.95. The van der Waals surface area contributed by atoms with Crippen molar-refractivity contribution >= 4 is 17.6 Å². The second-order valence-electron chi connectivity index (χ2n) is 17.9. The van der Waals surface area contributed by atoms with Gasteiger partial charge in [-0.3, -0.25) is 25.2 Å². The molecule has 2 unspecified atom stereocenters. The molecule has 0 aromatic heterocycles. The van der Waals surface area contributed by atoms with E-state index in [-0.39, 0.29) is 33.1 Å². The van der Waals surface area contributed by atoms with Crippen molar-refractivity contribution < 1.29 is 20.1 Å². The summed E-state index contributed by atoms with van der Waals surface area (Å²) in [4.78, 5) is 26.8. The van der Waals surface area contributed by atoms with Gasteiger partial charge < -0.3 is 10.2 Å². The van der Waals surface area contributed by atoms with E-state index in [1.54, 1.807) is 0 Å². The Morgan fingerprint density at radius 2 is 1.02 bits per heavy atom. The highest BCUT2D eigenvalue weighted by atomic mass is 16.6. The number of phenols is 1. The second kappa shape index (κ2) is 13.9. The van der Waals surface area contributed by atoms with Crippen molar-refractivity contribution in [3.63, 3.8) is 0 Å². The predicted octanol–water partition coefficient (Wildman–Crippen LogP) is 10.2. The van der Waals surface area contributed by atoms with Crippen LogP contribution in [0.3, 0.4) is 0 Å². The zero-order valence-electron chi connectivity index (χ0n) is 32.4. The van der Waals surface area contributed by atoms with Gasteiger partial charge >= 0.3 is 5.69 Å². The standard InChI is InChI=1S/C41H57N3O6/c1-15-25(2)36(42-24-26-16-33(43(47)48)23-34(35(26)45)44(49)50)41(46,31-19-27(37(3,4)5)17-28(20-31)38(6,7)8)32-21-29(39(9,10)11)18-30(22-32)40(12,13)14/h16-25,36,45-46H,15H2,1-14H3. The Balaban J connectivity index is 2.60. The summed E-state index contributed by atoms with van der Waals surface area (Å²) in [5.74, 6) is -0.981. The summed E-state index contributed by atoms with van der Waals surface area (Å²) in [6, 6.07) is 13.5. The van der Waals surface area contributed by atoms with Crippen LogP contribution in [0.4, 0.5) is 11.4 Å². The van der Waals surface area contributed by atoms with E-state index in [0.29, 0.717) is 17.5 Å². The molecule has 2 N–H and O–H groups in total. The maximum Gasteiger partial charge on any atom is 0.318 e. The monoisotopic (exact) mass is 687 g/mol. The molecule has 3 aromatic carbocycles. The van der Waals surface area contributed by atoms with Crippen LogP contribution in [-0.4, -0.2) is 32.3 Å². The van der Waals surface area contributed by atoms with Crippen LogP contribution in [0.5, 0.6) is 5.75 Å². The average molecular weight is 688 g/mol. The van der Waals surface area contributed by atoms with Crippen molar-refractivity contribution in [2.45, 2.75) is 137 Å². The summed E-state index contributed by atoms with van der Waals surface area (Å²) in [5, 5.41) is 48.1. The minimum absolute atomic E-state index is 0.181. The number of non-ortho nitro benzene ring substituents is 1. The molecule has 272 valence electrons. The molecular formula is C41H57N3O6. The molecule has 0 saturated heterocycles. The Bertz CT molecular complexity index is 1640. The normalized spacial score (nSPS) is 14.5. The first-order valence-corrected chi connectivity index (χ1v) is 17.4. The van der Waals surface area contributed by atoms with Crippen molar-refractivity contribution in [3.8, 4) is 5.75 Å². The number of aromatic hydroxyl groups is 1. The molecule has 0 fully saturated rings. The molecule has 0 amide bonds. The number of hydrogen-bond donors (Lipinski definition) is 2. The lowest BCUT2D eigenvalue weighted by molar-refractivity contribution is -0.394. The molecule has 0 aliphatic carbocycles. The second-order valence-corrected chi connectivity index (χ2v) is 17.9. The van der Waals surface area contributed by atoms with E-state index in [0.717, 1.165) is 34.4 Å². The molecule has 0 bridgehead atoms. The van der Waals surface area contributed by atoms with Crippen LogP contribution in [0.15, 0.2) is 53.5 Å². The number of nitro benzene ring substituents is 2. The van der Waals surface area contributed by atoms with Crippen LogP contribution in [0, 0.1) is 26.1 Å². The van der Waals surface area contributed by atoms with E-state index in [1.807, 2.05) is 13.8 Å². The van der Waals surface area contributed by atoms with Gasteiger partial charge in [-0.05, 0) is 61.0 Å². The van der Waals surface area contributed by atoms with E-state index < -0.39 is 38.6 Å². The van der Waals surface area contributed by atoms with Crippen LogP contribution >= 0.6 is 0 Å². The van der Waals surface area contributed by atoms with E-state index in [2.05, 4.69) is 119 Å². The summed E-state index contributed by atoms with van der Waals surface area (Å²) < 4.78 is 0. The minimum Gasteiger partial charge on any atom is -0.502 e. The Morgan fingerprint density at radius 3 is 1.32 bits per heavy atom. The predicted molar refractivity (Wildman–Crippen MR) is 203 cm³/mol. The fourth-order valence-electron chi connectivity index (χ4n) is 5.95. The third-order valence-corrected chi connectivity index (χ3v) is 9.71. The zero-order chi connectivity index (χ0) is 38.4. The quantitative estimate of drug-likeness (QED) is 0.130. The maximum atomic E-state index is 13.7. The summed E-state index contributed by atoms with van der Waals surface area (Å²) >= 11 is 0. The number of aliphatic hydroxyl groups is 1. The highest BCUT2D eigenvalue weighted by Crippen LogP contribution is 2.45. The molecule has 0 saturated carbocycles. The number of benzene rings is 3. The summed E-state index contributed by atoms with van der Waals surface area (Å²) in [6.07, 6.45) is 1.84. The Labute approximate surface area is 298 Å². The third-order valence-electron chi connectivity index (χ3n) is 9.71. The SMILES string of the molecule is CCC(C)C(N=Cc1cc([N+](=O)[O-])cc([N+](=O)[O-])c1O)C(O)(c1cc(C(C)(C)C)cc(C(C)(C)C)c1)c1cc(C(C)(C)C)cc(C(C)(C)C)c1. The molecule has 2 atom stereocenters. The molecule has 0 heterocycles. The average Bonchev–Trinajstić information content (AvgIpc) is 2.98. The lowest BCUT2D eigenvalue weighted by Gasteiger charge is -2.41. The Hall–Kier alpha value is -4.11. The van der Waals surface area contributed by atoms with Gasteiger partial charge in [-0.1, -0.05) is 140 Å². The van der Waals surface area contributed by atoms with Gasteiger partial charge in [-0.15, -0.1) is 0 Å². The number of aliphatic imine (C=N–C) groups is 1. The van der Waals surface area contributed by atoms with Crippen molar-refractivity contribution in [1.82, 2.24) is 0 Å². The molecule has 3 rings (SSSR count). The smallest absolute Gasteiger partial charge is 0.318 e. The van der Waals surface area contributed by atoms with E-state index in [1.165, 1.54) is 6.21 Å². The zero-order valence-corrected chi connectivity index (χ0v) is 32.4. The maximum absolute atomic E-state index is 13.7. The van der Waals surface area contributed by atoms with Crippen molar-refractivity contribution in [1.29, 1.82) is 0 Å². The van der Waals surface area contributed by atoms with Crippen molar-refractivity contribution in [2.75, 3.05) is 0 Å². The molecule has 0 spiro atoms. The van der Waals surface area contributed by atoms with Crippen LogP contribution in [0.1, 0.15) is 142 Å². The van der Waals surface area contributed by atoms with Crippen molar-refractivity contribution in [2.24, 2.45) is 10.9 Å². The molecular weight excluding hydrogens is 630 g/mol. The molecule has 9 heteroatoms. The molecule has 0 aliphatic rings. The lowest BCUT2D eigenvalue weighted by Crippen LogP contribution is -2.44. The topological polar surface area (TPSA) is 139 Å². The highest BCUT2D eigenvalue weighted by molar-refractivity contribution is 5.87. The largest absolute Gasteiger partial charge is 0.502 e. The Morgan fingerprint density at radius 1 is 0.660 bits per heavy atom. The number of nitrogens with zero attached hydrogens (tertiary/aromatic N) is 3. The van der Waals surface area contributed by atoms with E-state index in [4.69, 9.17) is 4.99 Å². The third kappa shape index (κ3) is 8.60. The number of rotatable bonds is 9. The summed E-state index contributed by atoms with van der Waals surface area (Å²) in [7, 11) is 0. The van der Waals surface area contributed by atoms with Gasteiger partial charge in [-0.25, -0.2) is 0 Å². The first-order valence-electron chi connectivity index (χ1n) is 17.4. The van der Waals surface area contributed by atoms with E-state index >= 15 is 0 Å². The van der Waals surface area contributed by atoms with E-state index in [9.17, 15) is 30.4 Å². The fraction of sp³-hybridized carbons (Fsp3) is 0.537. The van der Waals surface area contributed by atoms with Gasteiger partial charge in [0.25, 0.3) is 5.69 Å². The highest BCUT2D eigenvalue weighted by Gasteiger charge is 2.45. The first kappa shape index (κ1) is 40.3. The molecule has 3 aromatic rings. The lowest BCUT2D eigenvalue weighted by atomic mass is 9.69. The van der Waals surface area contributed by atoms with Gasteiger partial charge in [0, 0.05) is 17.8 Å². The summed E-state index contributed by atoms with van der Waals surface area (Å²) in [5.41, 5.74) is 1.16. The van der Waals surface area contributed by atoms with Gasteiger partial charge in [0.2, 0.25) is 5.75 Å². The molecule has 0 aliphatic heterocycles. The summed E-state index contributed by atoms with van der Waals surface area (Å²) in [6.45, 7) is 29.6. The van der Waals surface area contributed by atoms with Crippen LogP contribution < -0.4 is 0 Å². The number of hydrogen-bond acceptors (Lipinski definition) is 7. The molecule has 9 nitrogen and oxygen atoms in total. The number of nitro groups is 2. The molecule has 50 heavy (non-hydrogen) atoms. The van der Waals surface area contributed by atoms with Gasteiger partial charge in [0.15, 0.2) is 0 Å².